The number of nitrogens with zero attached hydrogens (tertiary/aromatic N) is 1. The molecule has 0 aliphatic rings. The van der Waals surface area contributed by atoms with Crippen LogP contribution in [0.3, 0.4) is 0 Å². The zero-order valence-electron chi connectivity index (χ0n) is 7.00. The van der Waals surface area contributed by atoms with Gasteiger partial charge < -0.3 is 5.73 Å². The van der Waals surface area contributed by atoms with Crippen LogP contribution in [0.5, 0.6) is 0 Å². The normalized spacial score (nSPS) is 10.4. The molecule has 3 nitrogen and oxygen atoms in total. The molecule has 0 spiro atoms. The average molecular weight is 248 g/mol. The Morgan fingerprint density at radius 3 is 2.86 bits per heavy atom. The lowest BCUT2D eigenvalue weighted by atomic mass is 10.2. The predicted octanol–water partition coefficient (Wildman–Crippen LogP) is 2.16. The number of halogens is 2. The van der Waals surface area contributed by atoms with Gasteiger partial charge in [-0.15, -0.1) is 0 Å². The van der Waals surface area contributed by atoms with E-state index in [9.17, 15) is 0 Å². The zero-order chi connectivity index (χ0) is 10.6. The first kappa shape index (κ1) is 11.2. The molecule has 1 aromatic carbocycles. The summed E-state index contributed by atoms with van der Waals surface area (Å²) in [5.74, 6) is 0. The molecule has 3 N–H and O–H groups in total. The fourth-order valence-corrected chi connectivity index (χ4v) is 1.19. The van der Waals surface area contributed by atoms with Gasteiger partial charge in [0.2, 0.25) is 0 Å². The standard InChI is InChI=1S/C8H7Cl2N3S/c9-6-3-1-2-5(7(6)10)4-12-13-8(11)14/h1-4H,(H3,11,13,14). The van der Waals surface area contributed by atoms with Gasteiger partial charge in [0.1, 0.15) is 0 Å². The number of nitrogens with one attached hydrogen (secondary N) is 1. The maximum absolute atomic E-state index is 5.89. The number of nitrogens with two attached hydrogens (primary N) is 1. The van der Waals surface area contributed by atoms with Crippen molar-refractivity contribution in [1.82, 2.24) is 5.43 Å². The van der Waals surface area contributed by atoms with Gasteiger partial charge in [0, 0.05) is 5.56 Å². The molecular formula is C8H7Cl2N3S. The molecule has 0 unspecified atom stereocenters. The van der Waals surface area contributed by atoms with Crippen molar-refractivity contribution in [3.05, 3.63) is 33.8 Å². The average Bonchev–Trinajstić information content (AvgIpc) is 2.12. The number of hydrazone groups is 1. The summed E-state index contributed by atoms with van der Waals surface area (Å²) in [5, 5.41) is 4.78. The van der Waals surface area contributed by atoms with Crippen LogP contribution in [0.1, 0.15) is 5.56 Å². The molecule has 1 aromatic rings. The summed E-state index contributed by atoms with van der Waals surface area (Å²) in [6, 6.07) is 5.25. The van der Waals surface area contributed by atoms with E-state index in [-0.39, 0.29) is 5.11 Å². The van der Waals surface area contributed by atoms with Gasteiger partial charge >= 0.3 is 0 Å². The molecule has 14 heavy (non-hydrogen) atoms. The van der Waals surface area contributed by atoms with Crippen LogP contribution >= 0.6 is 35.4 Å². The molecule has 0 amide bonds. The Morgan fingerprint density at radius 2 is 2.21 bits per heavy atom. The van der Waals surface area contributed by atoms with Crippen molar-refractivity contribution in [3.63, 3.8) is 0 Å². The number of hydrogen-bond donors (Lipinski definition) is 2. The highest BCUT2D eigenvalue weighted by Crippen LogP contribution is 2.23. The Balaban J connectivity index is 2.81. The van der Waals surface area contributed by atoms with Crippen LogP contribution in [-0.2, 0) is 0 Å². The van der Waals surface area contributed by atoms with E-state index in [1.54, 1.807) is 18.2 Å². The first-order valence-corrected chi connectivity index (χ1v) is 4.80. The van der Waals surface area contributed by atoms with E-state index in [4.69, 9.17) is 28.9 Å². The lowest BCUT2D eigenvalue weighted by Crippen LogP contribution is -2.24. The predicted molar refractivity (Wildman–Crippen MR) is 64.0 cm³/mol. The van der Waals surface area contributed by atoms with Gasteiger partial charge in [-0.05, 0) is 18.3 Å². The molecule has 0 heterocycles. The van der Waals surface area contributed by atoms with Crippen LogP contribution in [0.15, 0.2) is 23.3 Å². The minimum absolute atomic E-state index is 0.0967. The monoisotopic (exact) mass is 247 g/mol. The fraction of sp³-hybridized carbons (Fsp3) is 0. The molecule has 0 saturated carbocycles. The number of rotatable bonds is 2. The van der Waals surface area contributed by atoms with E-state index in [0.717, 1.165) is 0 Å². The summed E-state index contributed by atoms with van der Waals surface area (Å²) in [4.78, 5) is 0. The topological polar surface area (TPSA) is 50.4 Å². The molecular weight excluding hydrogens is 241 g/mol. The third-order valence-corrected chi connectivity index (χ3v) is 2.28. The van der Waals surface area contributed by atoms with Crippen LogP contribution in [0.25, 0.3) is 0 Å². The van der Waals surface area contributed by atoms with Crippen molar-refractivity contribution in [2.45, 2.75) is 0 Å². The lowest BCUT2D eigenvalue weighted by molar-refractivity contribution is 1.04. The number of hydrogen-bond acceptors (Lipinski definition) is 2. The third kappa shape index (κ3) is 3.14. The molecule has 0 fully saturated rings. The van der Waals surface area contributed by atoms with E-state index >= 15 is 0 Å². The number of thiocarbonyl (C=S) groups is 1. The maximum atomic E-state index is 5.89. The van der Waals surface area contributed by atoms with Crippen LogP contribution < -0.4 is 11.2 Å². The van der Waals surface area contributed by atoms with Crippen molar-refractivity contribution in [2.75, 3.05) is 0 Å². The molecule has 0 radical (unpaired) electrons. The molecule has 1 rings (SSSR count). The first-order chi connectivity index (χ1) is 6.61. The van der Waals surface area contributed by atoms with Crippen molar-refractivity contribution in [1.29, 1.82) is 0 Å². The van der Waals surface area contributed by atoms with Crippen molar-refractivity contribution in [3.8, 4) is 0 Å². The van der Waals surface area contributed by atoms with E-state index in [0.29, 0.717) is 15.6 Å². The molecule has 0 atom stereocenters. The van der Waals surface area contributed by atoms with Crippen molar-refractivity contribution >= 4 is 46.7 Å². The molecule has 0 aromatic heterocycles. The van der Waals surface area contributed by atoms with Gasteiger partial charge in [-0.2, -0.15) is 5.10 Å². The van der Waals surface area contributed by atoms with Crippen LogP contribution in [0.2, 0.25) is 10.0 Å². The van der Waals surface area contributed by atoms with E-state index < -0.39 is 0 Å². The summed E-state index contributed by atoms with van der Waals surface area (Å²) < 4.78 is 0. The summed E-state index contributed by atoms with van der Waals surface area (Å²) in [6.45, 7) is 0. The van der Waals surface area contributed by atoms with Gasteiger partial charge in [-0.25, -0.2) is 0 Å². The molecule has 0 bridgehead atoms. The Hall–Kier alpha value is -0.840. The van der Waals surface area contributed by atoms with E-state index in [1.807, 2.05) is 0 Å². The second kappa shape index (κ2) is 5.14. The van der Waals surface area contributed by atoms with Crippen LogP contribution in [0.4, 0.5) is 0 Å². The number of benzene rings is 1. The van der Waals surface area contributed by atoms with Gasteiger partial charge in [0.25, 0.3) is 0 Å². The molecule has 6 heteroatoms. The smallest absolute Gasteiger partial charge is 0.184 e. The highest BCUT2D eigenvalue weighted by Gasteiger charge is 2.00. The van der Waals surface area contributed by atoms with E-state index in [2.05, 4.69) is 22.7 Å². The molecule has 0 aliphatic heterocycles. The Kier molecular flexibility index (Phi) is 4.13. The fourth-order valence-electron chi connectivity index (χ4n) is 0.786. The highest BCUT2D eigenvalue weighted by molar-refractivity contribution is 7.80. The minimum atomic E-state index is 0.0967. The summed E-state index contributed by atoms with van der Waals surface area (Å²) >= 11 is 16.2. The van der Waals surface area contributed by atoms with Crippen LogP contribution in [-0.4, -0.2) is 11.3 Å². The van der Waals surface area contributed by atoms with Gasteiger partial charge in [0.15, 0.2) is 5.11 Å². The summed E-state index contributed by atoms with van der Waals surface area (Å²) in [7, 11) is 0. The molecule has 0 saturated heterocycles. The Labute approximate surface area is 96.9 Å². The lowest BCUT2D eigenvalue weighted by Gasteiger charge is -1.99. The minimum Gasteiger partial charge on any atom is -0.375 e. The van der Waals surface area contributed by atoms with Crippen molar-refractivity contribution < 1.29 is 0 Å². The Bertz CT molecular complexity index is 379. The Morgan fingerprint density at radius 1 is 1.50 bits per heavy atom. The van der Waals surface area contributed by atoms with Gasteiger partial charge in [-0.3, -0.25) is 5.43 Å². The second-order valence-electron chi connectivity index (χ2n) is 2.38. The van der Waals surface area contributed by atoms with Gasteiger partial charge in [-0.1, -0.05) is 35.3 Å². The second-order valence-corrected chi connectivity index (χ2v) is 3.60. The van der Waals surface area contributed by atoms with Crippen LogP contribution in [0, 0.1) is 0 Å². The quantitative estimate of drug-likeness (QED) is 0.479. The third-order valence-electron chi connectivity index (χ3n) is 1.36. The zero-order valence-corrected chi connectivity index (χ0v) is 9.33. The molecule has 74 valence electrons. The largest absolute Gasteiger partial charge is 0.375 e. The summed E-state index contributed by atoms with van der Waals surface area (Å²) in [5.41, 5.74) is 8.29. The first-order valence-electron chi connectivity index (χ1n) is 3.64. The van der Waals surface area contributed by atoms with Gasteiger partial charge in [0.05, 0.1) is 16.3 Å². The van der Waals surface area contributed by atoms with Crippen molar-refractivity contribution in [2.24, 2.45) is 10.8 Å². The SMILES string of the molecule is NC(=S)NN=Cc1cccc(Cl)c1Cl. The summed E-state index contributed by atoms with van der Waals surface area (Å²) in [6.07, 6.45) is 1.49. The highest BCUT2D eigenvalue weighted by atomic mass is 35.5. The molecule has 0 aliphatic carbocycles. The van der Waals surface area contributed by atoms with E-state index in [1.165, 1.54) is 6.21 Å². The maximum Gasteiger partial charge on any atom is 0.184 e.